The summed E-state index contributed by atoms with van der Waals surface area (Å²) in [6.45, 7) is 7.15. The van der Waals surface area contributed by atoms with Crippen molar-refractivity contribution in [1.29, 1.82) is 0 Å². The van der Waals surface area contributed by atoms with Gasteiger partial charge in [-0.1, -0.05) is 17.7 Å². The molecule has 2 aliphatic rings. The second-order valence-electron chi connectivity index (χ2n) is 7.16. The number of fused-ring (bicyclic) bond motifs is 2. The number of hydrogen-bond acceptors (Lipinski definition) is 3. The molecule has 1 aromatic carbocycles. The van der Waals surface area contributed by atoms with Crippen LogP contribution in [0.2, 0.25) is 5.02 Å². The first kappa shape index (κ1) is 15.5. The highest BCUT2D eigenvalue weighted by Crippen LogP contribution is 2.36. The third kappa shape index (κ3) is 3.17. The molecule has 2 saturated heterocycles. The molecule has 2 unspecified atom stereocenters. The van der Waals surface area contributed by atoms with Crippen molar-refractivity contribution >= 4 is 23.4 Å². The van der Waals surface area contributed by atoms with Crippen LogP contribution in [0.3, 0.4) is 0 Å². The van der Waals surface area contributed by atoms with Crippen molar-refractivity contribution in [2.75, 3.05) is 18.0 Å². The van der Waals surface area contributed by atoms with Crippen molar-refractivity contribution in [2.24, 2.45) is 0 Å². The Morgan fingerprint density at radius 1 is 1.23 bits per heavy atom. The van der Waals surface area contributed by atoms with Gasteiger partial charge < -0.3 is 14.5 Å². The number of nitrogens with zero attached hydrogens (tertiary/aromatic N) is 2. The van der Waals surface area contributed by atoms with Crippen LogP contribution >= 0.6 is 11.6 Å². The summed E-state index contributed by atoms with van der Waals surface area (Å²) in [7, 11) is 0. The monoisotopic (exact) mass is 322 g/mol. The number of carbonyl (C=O) groups is 1. The zero-order valence-corrected chi connectivity index (χ0v) is 14.1. The van der Waals surface area contributed by atoms with E-state index in [1.807, 2.05) is 43.9 Å². The molecule has 4 nitrogen and oxygen atoms in total. The van der Waals surface area contributed by atoms with Crippen LogP contribution in [-0.2, 0) is 4.74 Å². The summed E-state index contributed by atoms with van der Waals surface area (Å²) in [5, 5.41) is 0.756. The van der Waals surface area contributed by atoms with Crippen molar-refractivity contribution in [2.45, 2.75) is 51.3 Å². The van der Waals surface area contributed by atoms with Gasteiger partial charge in [-0.3, -0.25) is 0 Å². The van der Waals surface area contributed by atoms with Crippen LogP contribution in [0, 0.1) is 0 Å². The first-order chi connectivity index (χ1) is 10.3. The normalized spacial score (nSPS) is 24.5. The van der Waals surface area contributed by atoms with Crippen molar-refractivity contribution in [1.82, 2.24) is 4.90 Å². The van der Waals surface area contributed by atoms with Gasteiger partial charge in [0.05, 0.1) is 0 Å². The molecule has 0 saturated carbocycles. The number of piperazine rings is 1. The minimum absolute atomic E-state index is 0.199. The summed E-state index contributed by atoms with van der Waals surface area (Å²) in [4.78, 5) is 16.6. The number of rotatable bonds is 1. The fourth-order valence-electron chi connectivity index (χ4n) is 3.44. The summed E-state index contributed by atoms with van der Waals surface area (Å²) < 4.78 is 5.51. The highest BCUT2D eigenvalue weighted by atomic mass is 35.5. The summed E-state index contributed by atoms with van der Waals surface area (Å²) in [6, 6.07) is 8.69. The quantitative estimate of drug-likeness (QED) is 0.785. The average molecular weight is 323 g/mol. The van der Waals surface area contributed by atoms with Crippen molar-refractivity contribution in [3.8, 4) is 0 Å². The Morgan fingerprint density at radius 3 is 2.41 bits per heavy atom. The molecule has 5 heteroatoms. The molecule has 2 fully saturated rings. The lowest BCUT2D eigenvalue weighted by Crippen LogP contribution is -2.56. The van der Waals surface area contributed by atoms with Gasteiger partial charge >= 0.3 is 6.09 Å². The van der Waals surface area contributed by atoms with Gasteiger partial charge in [0.15, 0.2) is 0 Å². The molecule has 0 aliphatic carbocycles. The molecule has 2 heterocycles. The third-order valence-electron chi connectivity index (χ3n) is 4.24. The minimum Gasteiger partial charge on any atom is -0.444 e. The third-order valence-corrected chi connectivity index (χ3v) is 4.48. The number of anilines is 1. The largest absolute Gasteiger partial charge is 0.444 e. The highest BCUT2D eigenvalue weighted by molar-refractivity contribution is 6.30. The van der Waals surface area contributed by atoms with Crippen LogP contribution in [0.15, 0.2) is 24.3 Å². The van der Waals surface area contributed by atoms with E-state index in [9.17, 15) is 4.79 Å². The lowest BCUT2D eigenvalue weighted by molar-refractivity contribution is 0.0209. The zero-order valence-electron chi connectivity index (χ0n) is 13.4. The SMILES string of the molecule is CC(C)(C)OC(=O)N1CC2CCC(C1)N2c1cccc(Cl)c1. The molecule has 22 heavy (non-hydrogen) atoms. The summed E-state index contributed by atoms with van der Waals surface area (Å²) in [5.74, 6) is 0. The molecular formula is C17H23ClN2O2. The maximum atomic E-state index is 12.3. The van der Waals surface area contributed by atoms with Gasteiger partial charge in [-0.15, -0.1) is 0 Å². The fraction of sp³-hybridized carbons (Fsp3) is 0.588. The second-order valence-corrected chi connectivity index (χ2v) is 7.59. The van der Waals surface area contributed by atoms with Gasteiger partial charge in [-0.05, 0) is 51.8 Å². The molecule has 2 atom stereocenters. The van der Waals surface area contributed by atoms with E-state index in [4.69, 9.17) is 16.3 Å². The fourth-order valence-corrected chi connectivity index (χ4v) is 3.62. The Labute approximate surface area is 137 Å². The van der Waals surface area contributed by atoms with Crippen molar-refractivity contribution in [3.05, 3.63) is 29.3 Å². The van der Waals surface area contributed by atoms with Crippen LogP contribution in [0.4, 0.5) is 10.5 Å². The Morgan fingerprint density at radius 2 is 1.86 bits per heavy atom. The van der Waals surface area contributed by atoms with E-state index in [0.29, 0.717) is 12.1 Å². The number of benzene rings is 1. The molecule has 0 aromatic heterocycles. The van der Waals surface area contributed by atoms with Gasteiger partial charge in [-0.25, -0.2) is 4.79 Å². The van der Waals surface area contributed by atoms with E-state index in [2.05, 4.69) is 11.0 Å². The lowest BCUT2D eigenvalue weighted by Gasteiger charge is -2.42. The van der Waals surface area contributed by atoms with E-state index >= 15 is 0 Å². The summed E-state index contributed by atoms with van der Waals surface area (Å²) in [6.07, 6.45) is 2.02. The number of ether oxygens (including phenoxy) is 1. The molecule has 2 aliphatic heterocycles. The lowest BCUT2D eigenvalue weighted by atomic mass is 10.1. The van der Waals surface area contributed by atoms with Crippen LogP contribution in [0.25, 0.3) is 0 Å². The number of halogens is 1. The number of carbonyl (C=O) groups excluding carboxylic acids is 1. The van der Waals surface area contributed by atoms with Gasteiger partial charge in [0.1, 0.15) is 5.60 Å². The number of amides is 1. The van der Waals surface area contributed by atoms with Gasteiger partial charge in [-0.2, -0.15) is 0 Å². The Bertz CT molecular complexity index is 556. The molecule has 0 N–H and O–H groups in total. The van der Waals surface area contributed by atoms with Crippen LogP contribution in [-0.4, -0.2) is 41.8 Å². The van der Waals surface area contributed by atoms with E-state index in [0.717, 1.165) is 36.6 Å². The van der Waals surface area contributed by atoms with Gasteiger partial charge in [0.2, 0.25) is 0 Å². The number of likely N-dealkylation sites (tertiary alicyclic amines) is 1. The predicted molar refractivity (Wildman–Crippen MR) is 88.5 cm³/mol. The first-order valence-electron chi connectivity index (χ1n) is 7.85. The highest BCUT2D eigenvalue weighted by Gasteiger charge is 2.42. The Balaban J connectivity index is 1.73. The molecule has 0 spiro atoms. The first-order valence-corrected chi connectivity index (χ1v) is 8.23. The smallest absolute Gasteiger partial charge is 0.410 e. The van der Waals surface area contributed by atoms with E-state index in [1.165, 1.54) is 0 Å². The summed E-state index contributed by atoms with van der Waals surface area (Å²) >= 11 is 6.12. The van der Waals surface area contributed by atoms with Crippen molar-refractivity contribution in [3.63, 3.8) is 0 Å². The average Bonchev–Trinajstić information content (AvgIpc) is 2.67. The maximum Gasteiger partial charge on any atom is 0.410 e. The topological polar surface area (TPSA) is 32.8 Å². The molecule has 2 bridgehead atoms. The van der Waals surface area contributed by atoms with Gasteiger partial charge in [0, 0.05) is 35.9 Å². The molecule has 3 rings (SSSR count). The predicted octanol–water partition coefficient (Wildman–Crippen LogP) is 3.93. The standard InChI is InChI=1S/C17H23ClN2O2/c1-17(2,3)22-16(21)19-10-14-7-8-15(11-19)20(14)13-6-4-5-12(18)9-13/h4-6,9,14-15H,7-8,10-11H2,1-3H3. The van der Waals surface area contributed by atoms with E-state index in [-0.39, 0.29) is 6.09 Å². The van der Waals surface area contributed by atoms with Crippen LogP contribution in [0.5, 0.6) is 0 Å². The zero-order chi connectivity index (χ0) is 15.9. The van der Waals surface area contributed by atoms with Crippen LogP contribution < -0.4 is 4.90 Å². The van der Waals surface area contributed by atoms with E-state index < -0.39 is 5.60 Å². The van der Waals surface area contributed by atoms with E-state index in [1.54, 1.807) is 0 Å². The minimum atomic E-state index is -0.444. The molecule has 120 valence electrons. The Kier molecular flexibility index (Phi) is 3.98. The second kappa shape index (κ2) is 5.65. The van der Waals surface area contributed by atoms with Crippen molar-refractivity contribution < 1.29 is 9.53 Å². The van der Waals surface area contributed by atoms with Gasteiger partial charge in [0.25, 0.3) is 0 Å². The summed E-state index contributed by atoms with van der Waals surface area (Å²) in [5.41, 5.74) is 0.712. The molecule has 1 aromatic rings. The Hall–Kier alpha value is -1.42. The molecule has 1 amide bonds. The van der Waals surface area contributed by atoms with Crippen LogP contribution in [0.1, 0.15) is 33.6 Å². The number of hydrogen-bond donors (Lipinski definition) is 0. The maximum absolute atomic E-state index is 12.3. The molecular weight excluding hydrogens is 300 g/mol. The molecule has 0 radical (unpaired) electrons.